The van der Waals surface area contributed by atoms with E-state index in [2.05, 4.69) is 5.32 Å². The zero-order valence-corrected chi connectivity index (χ0v) is 11.6. The maximum Gasteiger partial charge on any atom is 0.124 e. The Bertz CT molecular complexity index is 563. The van der Waals surface area contributed by atoms with Gasteiger partial charge in [-0.15, -0.1) is 0 Å². The van der Waals surface area contributed by atoms with E-state index in [9.17, 15) is 10.2 Å². The van der Waals surface area contributed by atoms with Gasteiger partial charge in [0.2, 0.25) is 0 Å². The molecule has 0 aliphatic rings. The van der Waals surface area contributed by atoms with Crippen LogP contribution in [0.4, 0.5) is 5.69 Å². The van der Waals surface area contributed by atoms with Crippen molar-refractivity contribution in [3.63, 3.8) is 0 Å². The van der Waals surface area contributed by atoms with E-state index in [0.717, 1.165) is 11.4 Å². The van der Waals surface area contributed by atoms with Crippen molar-refractivity contribution in [1.29, 1.82) is 0 Å². The first-order valence-corrected chi connectivity index (χ1v) is 6.62. The van der Waals surface area contributed by atoms with Gasteiger partial charge in [-0.1, -0.05) is 12.1 Å². The number of benzene rings is 2. The van der Waals surface area contributed by atoms with Gasteiger partial charge < -0.3 is 20.3 Å². The second kappa shape index (κ2) is 6.19. The van der Waals surface area contributed by atoms with Crippen molar-refractivity contribution in [1.82, 2.24) is 0 Å². The summed E-state index contributed by atoms with van der Waals surface area (Å²) < 4.78 is 5.44. The summed E-state index contributed by atoms with van der Waals surface area (Å²) in [6, 6.07) is 12.1. The first-order chi connectivity index (χ1) is 9.61. The van der Waals surface area contributed by atoms with Gasteiger partial charge >= 0.3 is 0 Å². The lowest BCUT2D eigenvalue weighted by molar-refractivity contribution is 0.340. The minimum atomic E-state index is -0.229. The molecule has 2 aromatic carbocycles. The standard InChI is InChI=1S/C16H19NO3/c1-3-20-13-7-4-6-12(10-13)17-11(2)16-14(18)8-5-9-15(16)19/h4-11,17-19H,3H2,1-2H3. The van der Waals surface area contributed by atoms with Crippen molar-refractivity contribution in [2.75, 3.05) is 11.9 Å². The summed E-state index contributed by atoms with van der Waals surface area (Å²) in [6.45, 7) is 4.42. The molecule has 1 unspecified atom stereocenters. The Labute approximate surface area is 118 Å². The minimum absolute atomic E-state index is 0.0750. The average Bonchev–Trinajstić information content (AvgIpc) is 2.39. The maximum atomic E-state index is 9.85. The first kappa shape index (κ1) is 14.1. The zero-order valence-electron chi connectivity index (χ0n) is 11.6. The SMILES string of the molecule is CCOc1cccc(NC(C)c2c(O)cccc2O)c1. The summed E-state index contributed by atoms with van der Waals surface area (Å²) in [4.78, 5) is 0. The Balaban J connectivity index is 2.19. The van der Waals surface area contributed by atoms with Crippen molar-refractivity contribution in [2.24, 2.45) is 0 Å². The lowest BCUT2D eigenvalue weighted by atomic mass is 10.1. The molecule has 1 atom stereocenters. The molecule has 4 nitrogen and oxygen atoms in total. The van der Waals surface area contributed by atoms with E-state index in [1.165, 1.54) is 0 Å². The number of phenolic OH excluding ortho intramolecular Hbond substituents is 2. The summed E-state index contributed by atoms with van der Waals surface area (Å²) >= 11 is 0. The van der Waals surface area contributed by atoms with Gasteiger partial charge in [0.1, 0.15) is 17.2 Å². The number of hydrogen-bond acceptors (Lipinski definition) is 4. The molecule has 0 heterocycles. The molecule has 0 aliphatic carbocycles. The highest BCUT2D eigenvalue weighted by molar-refractivity contribution is 5.53. The highest BCUT2D eigenvalue weighted by atomic mass is 16.5. The molecule has 0 fully saturated rings. The molecule has 0 aliphatic heterocycles. The molecule has 3 N–H and O–H groups in total. The number of nitrogens with one attached hydrogen (secondary N) is 1. The van der Waals surface area contributed by atoms with E-state index in [0.29, 0.717) is 12.2 Å². The predicted molar refractivity (Wildman–Crippen MR) is 79.4 cm³/mol. The van der Waals surface area contributed by atoms with Crippen molar-refractivity contribution in [2.45, 2.75) is 19.9 Å². The largest absolute Gasteiger partial charge is 0.507 e. The Morgan fingerprint density at radius 1 is 1.10 bits per heavy atom. The van der Waals surface area contributed by atoms with Crippen LogP contribution < -0.4 is 10.1 Å². The Hall–Kier alpha value is -2.36. The fourth-order valence-corrected chi connectivity index (χ4v) is 2.15. The second-order valence-corrected chi connectivity index (χ2v) is 4.54. The van der Waals surface area contributed by atoms with E-state index in [1.807, 2.05) is 38.1 Å². The normalized spacial score (nSPS) is 11.9. The molecule has 0 saturated carbocycles. The van der Waals surface area contributed by atoms with Gasteiger partial charge in [-0.25, -0.2) is 0 Å². The van der Waals surface area contributed by atoms with Gasteiger partial charge in [-0.05, 0) is 38.1 Å². The maximum absolute atomic E-state index is 9.85. The molecule has 4 heteroatoms. The van der Waals surface area contributed by atoms with E-state index >= 15 is 0 Å². The number of aromatic hydroxyl groups is 2. The molecule has 0 aromatic heterocycles. The van der Waals surface area contributed by atoms with Crippen LogP contribution in [0.2, 0.25) is 0 Å². The number of ether oxygens (including phenoxy) is 1. The number of rotatable bonds is 5. The van der Waals surface area contributed by atoms with Crippen LogP contribution in [0.3, 0.4) is 0 Å². The summed E-state index contributed by atoms with van der Waals surface area (Å²) in [5.41, 5.74) is 1.35. The third-order valence-electron chi connectivity index (χ3n) is 3.02. The second-order valence-electron chi connectivity index (χ2n) is 4.54. The molecule has 0 radical (unpaired) electrons. The van der Waals surface area contributed by atoms with E-state index in [4.69, 9.17) is 4.74 Å². The van der Waals surface area contributed by atoms with Crippen LogP contribution in [0.1, 0.15) is 25.5 Å². The average molecular weight is 273 g/mol. The van der Waals surface area contributed by atoms with E-state index in [-0.39, 0.29) is 17.5 Å². The Morgan fingerprint density at radius 2 is 1.75 bits per heavy atom. The quantitative estimate of drug-likeness (QED) is 0.778. The Morgan fingerprint density at radius 3 is 2.40 bits per heavy atom. The fourth-order valence-electron chi connectivity index (χ4n) is 2.15. The lowest BCUT2D eigenvalue weighted by Gasteiger charge is -2.18. The molecule has 0 amide bonds. The third-order valence-corrected chi connectivity index (χ3v) is 3.02. The number of anilines is 1. The predicted octanol–water partition coefficient (Wildman–Crippen LogP) is 3.67. The first-order valence-electron chi connectivity index (χ1n) is 6.62. The summed E-state index contributed by atoms with van der Waals surface area (Å²) in [5, 5.41) is 22.9. The minimum Gasteiger partial charge on any atom is -0.507 e. The van der Waals surface area contributed by atoms with Crippen molar-refractivity contribution >= 4 is 5.69 Å². The molecule has 106 valence electrons. The lowest BCUT2D eigenvalue weighted by Crippen LogP contribution is -2.07. The number of hydrogen-bond donors (Lipinski definition) is 3. The summed E-state index contributed by atoms with van der Waals surface area (Å²) in [5.74, 6) is 0.933. The Kier molecular flexibility index (Phi) is 4.35. The molecule has 0 saturated heterocycles. The van der Waals surface area contributed by atoms with Crippen LogP contribution in [-0.2, 0) is 0 Å². The van der Waals surface area contributed by atoms with E-state index < -0.39 is 0 Å². The van der Waals surface area contributed by atoms with Gasteiger partial charge in [-0.3, -0.25) is 0 Å². The van der Waals surface area contributed by atoms with Gasteiger partial charge in [0, 0.05) is 11.8 Å². The van der Waals surface area contributed by atoms with Crippen molar-refractivity contribution in [3.8, 4) is 17.2 Å². The van der Waals surface area contributed by atoms with Gasteiger partial charge in [0.05, 0.1) is 18.2 Å². The van der Waals surface area contributed by atoms with Crippen LogP contribution in [0, 0.1) is 0 Å². The van der Waals surface area contributed by atoms with Crippen LogP contribution in [0.15, 0.2) is 42.5 Å². The molecule has 0 spiro atoms. The smallest absolute Gasteiger partial charge is 0.124 e. The topological polar surface area (TPSA) is 61.7 Å². The molecule has 20 heavy (non-hydrogen) atoms. The molecule has 2 aromatic rings. The summed E-state index contributed by atoms with van der Waals surface area (Å²) in [7, 11) is 0. The molecular formula is C16H19NO3. The third kappa shape index (κ3) is 3.15. The summed E-state index contributed by atoms with van der Waals surface area (Å²) in [6.07, 6.45) is 0. The van der Waals surface area contributed by atoms with Crippen molar-refractivity contribution in [3.05, 3.63) is 48.0 Å². The van der Waals surface area contributed by atoms with Crippen LogP contribution in [0.5, 0.6) is 17.2 Å². The van der Waals surface area contributed by atoms with E-state index in [1.54, 1.807) is 18.2 Å². The zero-order chi connectivity index (χ0) is 14.5. The van der Waals surface area contributed by atoms with Gasteiger partial charge in [-0.2, -0.15) is 0 Å². The molecule has 0 bridgehead atoms. The van der Waals surface area contributed by atoms with Crippen LogP contribution >= 0.6 is 0 Å². The van der Waals surface area contributed by atoms with Crippen LogP contribution in [-0.4, -0.2) is 16.8 Å². The monoisotopic (exact) mass is 273 g/mol. The number of phenols is 2. The highest BCUT2D eigenvalue weighted by Crippen LogP contribution is 2.34. The van der Waals surface area contributed by atoms with Gasteiger partial charge in [0.25, 0.3) is 0 Å². The van der Waals surface area contributed by atoms with Crippen LogP contribution in [0.25, 0.3) is 0 Å². The molecular weight excluding hydrogens is 254 g/mol. The van der Waals surface area contributed by atoms with Gasteiger partial charge in [0.15, 0.2) is 0 Å². The molecule has 2 rings (SSSR count). The van der Waals surface area contributed by atoms with Crippen molar-refractivity contribution < 1.29 is 14.9 Å². The fraction of sp³-hybridized carbons (Fsp3) is 0.250. The highest BCUT2D eigenvalue weighted by Gasteiger charge is 2.14.